The van der Waals surface area contributed by atoms with E-state index < -0.39 is 0 Å². The standard InChI is InChI=1S/C57H35N5S/c1-4-17-36(18-5-1)55-58-56(37-19-6-2-7-20-37)60-57(59-55)38-31-32-48(45(35-38)42-27-16-26-41-40-23-12-15-30-51(40)63-54(41)42)62-47-29-14-11-25-44(47)53-50(62)34-33-49-52(53)43-24-10-13-28-46(43)61(49)39-21-8-3-9-22-39/h1-35H/i12D,16D,23D,26D,27D,30D. The number of fused-ring (bicyclic) bond motifs is 10. The number of hydrogen-bond donors (Lipinski definition) is 0. The maximum absolute atomic E-state index is 9.79. The van der Waals surface area contributed by atoms with Crippen LogP contribution in [-0.2, 0) is 0 Å². The van der Waals surface area contributed by atoms with Gasteiger partial charge in [0.15, 0.2) is 17.5 Å². The summed E-state index contributed by atoms with van der Waals surface area (Å²) in [4.78, 5) is 15.1. The van der Waals surface area contributed by atoms with Gasteiger partial charge in [-0.3, -0.25) is 0 Å². The number of para-hydroxylation sites is 3. The first-order chi connectivity index (χ1) is 33.7. The van der Waals surface area contributed by atoms with E-state index in [1.807, 2.05) is 91.0 Å². The van der Waals surface area contributed by atoms with Crippen molar-refractivity contribution in [3.05, 3.63) is 212 Å². The van der Waals surface area contributed by atoms with Crippen LogP contribution in [0.4, 0.5) is 0 Å². The fourth-order valence-corrected chi connectivity index (χ4v) is 10.3. The zero-order chi connectivity index (χ0) is 46.7. The van der Waals surface area contributed by atoms with Crippen molar-refractivity contribution in [1.82, 2.24) is 24.1 Å². The van der Waals surface area contributed by atoms with Gasteiger partial charge in [0, 0.05) is 75.2 Å². The van der Waals surface area contributed by atoms with Crippen LogP contribution in [0.3, 0.4) is 0 Å². The Bertz CT molecular complexity index is 4210. The number of rotatable bonds is 6. The van der Waals surface area contributed by atoms with Gasteiger partial charge in [-0.25, -0.2) is 15.0 Å². The highest BCUT2D eigenvalue weighted by Crippen LogP contribution is 2.46. The molecular weight excluding hydrogens is 787 g/mol. The van der Waals surface area contributed by atoms with Gasteiger partial charge in [0.1, 0.15) is 0 Å². The molecule has 4 heterocycles. The minimum Gasteiger partial charge on any atom is -0.309 e. The summed E-state index contributed by atoms with van der Waals surface area (Å²) in [7, 11) is 0. The summed E-state index contributed by atoms with van der Waals surface area (Å²) in [6, 6.07) is 57.5. The summed E-state index contributed by atoms with van der Waals surface area (Å²) in [5.74, 6) is 1.38. The molecule has 0 spiro atoms. The molecule has 0 bridgehead atoms. The minimum atomic E-state index is -0.314. The van der Waals surface area contributed by atoms with Crippen molar-refractivity contribution in [1.29, 1.82) is 0 Å². The number of nitrogens with zero attached hydrogens (tertiary/aromatic N) is 5. The molecule has 9 aromatic carbocycles. The molecule has 0 unspecified atom stereocenters. The van der Waals surface area contributed by atoms with Crippen molar-refractivity contribution in [2.75, 3.05) is 0 Å². The molecule has 0 saturated carbocycles. The van der Waals surface area contributed by atoms with Crippen molar-refractivity contribution >= 4 is 75.1 Å². The van der Waals surface area contributed by atoms with E-state index in [1.165, 1.54) is 17.4 Å². The summed E-state index contributed by atoms with van der Waals surface area (Å²) in [6.45, 7) is 0. The lowest BCUT2D eigenvalue weighted by Crippen LogP contribution is -2.02. The van der Waals surface area contributed by atoms with Crippen LogP contribution in [0.5, 0.6) is 0 Å². The lowest BCUT2D eigenvalue weighted by molar-refractivity contribution is 1.07. The average molecular weight is 828 g/mol. The van der Waals surface area contributed by atoms with Crippen LogP contribution in [0.15, 0.2) is 212 Å². The second-order valence-electron chi connectivity index (χ2n) is 15.5. The van der Waals surface area contributed by atoms with E-state index in [2.05, 4.69) is 88.0 Å². The number of aromatic nitrogens is 5. The lowest BCUT2D eigenvalue weighted by Gasteiger charge is -2.17. The van der Waals surface area contributed by atoms with E-state index in [0.29, 0.717) is 49.3 Å². The van der Waals surface area contributed by atoms with Gasteiger partial charge in [-0.2, -0.15) is 0 Å². The molecule has 13 rings (SSSR count). The molecule has 0 amide bonds. The summed E-state index contributed by atoms with van der Waals surface area (Å²) in [5, 5.41) is 4.85. The smallest absolute Gasteiger partial charge is 0.164 e. The third-order valence-corrected chi connectivity index (χ3v) is 13.1. The van der Waals surface area contributed by atoms with Crippen molar-refractivity contribution in [2.24, 2.45) is 0 Å². The van der Waals surface area contributed by atoms with Gasteiger partial charge in [-0.1, -0.05) is 152 Å². The Labute approximate surface area is 374 Å². The molecule has 13 aromatic rings. The molecule has 4 aromatic heterocycles. The molecule has 0 saturated heterocycles. The van der Waals surface area contributed by atoms with E-state index in [4.69, 9.17) is 19.1 Å². The quantitative estimate of drug-likeness (QED) is 0.168. The van der Waals surface area contributed by atoms with Crippen LogP contribution in [0.1, 0.15) is 8.22 Å². The molecule has 0 aliphatic carbocycles. The van der Waals surface area contributed by atoms with Gasteiger partial charge < -0.3 is 9.13 Å². The van der Waals surface area contributed by atoms with Crippen LogP contribution in [0.25, 0.3) is 120 Å². The summed E-state index contributed by atoms with van der Waals surface area (Å²) >= 11 is 1.22. The Balaban J connectivity index is 1.17. The normalized spacial score (nSPS) is 13.1. The second kappa shape index (κ2) is 14.2. The van der Waals surface area contributed by atoms with Crippen molar-refractivity contribution in [3.8, 4) is 56.7 Å². The molecule has 5 nitrogen and oxygen atoms in total. The first kappa shape index (κ1) is 29.9. The maximum Gasteiger partial charge on any atom is 0.164 e. The molecule has 0 radical (unpaired) electrons. The molecule has 0 atom stereocenters. The third kappa shape index (κ3) is 5.59. The van der Waals surface area contributed by atoms with Crippen LogP contribution in [0.2, 0.25) is 0 Å². The lowest BCUT2D eigenvalue weighted by atomic mass is 9.98. The third-order valence-electron chi connectivity index (χ3n) is 11.9. The topological polar surface area (TPSA) is 48.5 Å². The van der Waals surface area contributed by atoms with Gasteiger partial charge in [0.2, 0.25) is 0 Å². The van der Waals surface area contributed by atoms with Crippen LogP contribution in [-0.4, -0.2) is 24.1 Å². The minimum absolute atomic E-state index is 0.0535. The highest BCUT2D eigenvalue weighted by Gasteiger charge is 2.24. The maximum atomic E-state index is 9.79. The Hall–Kier alpha value is -8.19. The highest BCUT2D eigenvalue weighted by molar-refractivity contribution is 7.26. The second-order valence-corrected chi connectivity index (χ2v) is 16.5. The van der Waals surface area contributed by atoms with Gasteiger partial charge in [0.05, 0.1) is 36.0 Å². The summed E-state index contributed by atoms with van der Waals surface area (Å²) in [5.41, 5.74) is 8.96. The molecule has 63 heavy (non-hydrogen) atoms. The summed E-state index contributed by atoms with van der Waals surface area (Å²) in [6.07, 6.45) is 0. The first-order valence-corrected chi connectivity index (χ1v) is 21.5. The van der Waals surface area contributed by atoms with E-state index in [1.54, 1.807) is 0 Å². The SMILES string of the molecule is [2H]c1cc([2H])c2sc3c(-c4cc(-c5nc(-c6ccccc6)nc(-c6ccccc6)n5)ccc4-n4c5ccccc5c5c6c7ccccc7n(-c7ccccc7)c6ccc54)c([2H])c([2H])c([2H])c3c2c1[2H]. The molecule has 6 heteroatoms. The molecule has 0 N–H and O–H groups in total. The Morgan fingerprint density at radius 1 is 0.397 bits per heavy atom. The molecule has 0 aliphatic heterocycles. The Morgan fingerprint density at radius 2 is 0.952 bits per heavy atom. The number of benzene rings is 9. The number of thiophene rings is 1. The van der Waals surface area contributed by atoms with Crippen molar-refractivity contribution in [3.63, 3.8) is 0 Å². The molecular formula is C57H35N5S. The largest absolute Gasteiger partial charge is 0.309 e. The molecule has 0 fully saturated rings. The predicted octanol–water partition coefficient (Wildman–Crippen LogP) is 15.1. The number of hydrogen-bond acceptors (Lipinski definition) is 4. The van der Waals surface area contributed by atoms with Gasteiger partial charge in [-0.05, 0) is 60.6 Å². The summed E-state index contributed by atoms with van der Waals surface area (Å²) < 4.78 is 60.5. The zero-order valence-electron chi connectivity index (χ0n) is 39.4. The van der Waals surface area contributed by atoms with Crippen LogP contribution >= 0.6 is 11.3 Å². The average Bonchev–Trinajstić information content (AvgIpc) is 4.07. The van der Waals surface area contributed by atoms with E-state index in [9.17, 15) is 4.11 Å². The Kier molecular flexibility index (Phi) is 6.75. The van der Waals surface area contributed by atoms with Crippen molar-refractivity contribution in [2.45, 2.75) is 0 Å². The molecule has 0 aliphatic rings. The fraction of sp³-hybridized carbons (Fsp3) is 0. The highest BCUT2D eigenvalue weighted by atomic mass is 32.1. The van der Waals surface area contributed by atoms with E-state index in [-0.39, 0.29) is 47.0 Å². The first-order valence-electron chi connectivity index (χ1n) is 23.7. The predicted molar refractivity (Wildman–Crippen MR) is 263 cm³/mol. The monoisotopic (exact) mass is 827 g/mol. The van der Waals surface area contributed by atoms with Crippen LogP contribution in [0, 0.1) is 0 Å². The van der Waals surface area contributed by atoms with Gasteiger partial charge in [-0.15, -0.1) is 11.3 Å². The fourth-order valence-electron chi connectivity index (χ4n) is 9.20. The van der Waals surface area contributed by atoms with E-state index >= 15 is 0 Å². The van der Waals surface area contributed by atoms with Gasteiger partial charge >= 0.3 is 0 Å². The van der Waals surface area contributed by atoms with Gasteiger partial charge in [0.25, 0.3) is 0 Å². The zero-order valence-corrected chi connectivity index (χ0v) is 34.2. The van der Waals surface area contributed by atoms with Crippen LogP contribution < -0.4 is 0 Å². The molecule has 294 valence electrons. The van der Waals surface area contributed by atoms with Crippen molar-refractivity contribution < 1.29 is 8.22 Å². The van der Waals surface area contributed by atoms with E-state index in [0.717, 1.165) is 60.4 Å². The Morgan fingerprint density at radius 3 is 1.62 bits per heavy atom.